The van der Waals surface area contributed by atoms with Gasteiger partial charge in [-0.25, -0.2) is 9.78 Å². The van der Waals surface area contributed by atoms with Gasteiger partial charge in [-0.3, -0.25) is 9.69 Å². The highest BCUT2D eigenvalue weighted by Gasteiger charge is 2.34. The fourth-order valence-corrected chi connectivity index (χ4v) is 4.87. The molecule has 1 aromatic heterocycles. The molecule has 0 saturated carbocycles. The Hall–Kier alpha value is -3.23. The van der Waals surface area contributed by atoms with Gasteiger partial charge in [-0.2, -0.15) is 0 Å². The first kappa shape index (κ1) is 25.9. The normalized spacial score (nSPS) is 20.9. The summed E-state index contributed by atoms with van der Waals surface area (Å²) in [7, 11) is 1.99. The highest BCUT2D eigenvalue weighted by Crippen LogP contribution is 2.32. The fraction of sp³-hybridized carbons (Fsp3) is 0.464. The van der Waals surface area contributed by atoms with Crippen molar-refractivity contribution < 1.29 is 24.5 Å². The molecule has 0 unspecified atom stereocenters. The maximum absolute atomic E-state index is 13.6. The highest BCUT2D eigenvalue weighted by molar-refractivity contribution is 5.97. The number of likely N-dealkylation sites (N-methyl/N-ethyl adjacent to an activating group) is 1. The van der Waals surface area contributed by atoms with Crippen molar-refractivity contribution >= 4 is 17.4 Å². The van der Waals surface area contributed by atoms with Crippen molar-refractivity contribution in [1.29, 1.82) is 0 Å². The minimum atomic E-state index is -0.943. The lowest BCUT2D eigenvalue weighted by atomic mass is 9.99. The zero-order chi connectivity index (χ0) is 25.8. The highest BCUT2D eigenvalue weighted by atomic mass is 16.5. The van der Waals surface area contributed by atoms with Crippen LogP contribution in [0.4, 0.5) is 0 Å². The van der Waals surface area contributed by atoms with E-state index < -0.39 is 5.97 Å². The largest absolute Gasteiger partial charge is 0.478 e. The molecular formula is C28H35N3O5. The number of aromatic carboxylic acids is 1. The van der Waals surface area contributed by atoms with Gasteiger partial charge in [0.25, 0.3) is 5.91 Å². The molecule has 1 aliphatic carbocycles. The van der Waals surface area contributed by atoms with Crippen LogP contribution in [0.25, 0.3) is 5.57 Å². The molecule has 2 N–H and O–H groups in total. The maximum atomic E-state index is 13.6. The zero-order valence-electron chi connectivity index (χ0n) is 21.2. The third-order valence-corrected chi connectivity index (χ3v) is 7.08. The van der Waals surface area contributed by atoms with Gasteiger partial charge in [0.1, 0.15) is 11.7 Å². The lowest BCUT2D eigenvalue weighted by molar-refractivity contribution is 0.0325. The third-order valence-electron chi connectivity index (χ3n) is 7.08. The second kappa shape index (κ2) is 11.2. The number of hydrogen-bond acceptors (Lipinski definition) is 6. The molecule has 0 fully saturated rings. The molecule has 8 heteroatoms. The van der Waals surface area contributed by atoms with Crippen molar-refractivity contribution in [2.24, 2.45) is 5.92 Å². The molecule has 36 heavy (non-hydrogen) atoms. The van der Waals surface area contributed by atoms with Crippen LogP contribution in [-0.4, -0.2) is 75.8 Å². The number of pyridine rings is 1. The van der Waals surface area contributed by atoms with E-state index in [-0.39, 0.29) is 36.1 Å². The van der Waals surface area contributed by atoms with Crippen LogP contribution in [0.2, 0.25) is 0 Å². The van der Waals surface area contributed by atoms with E-state index in [4.69, 9.17) is 9.84 Å². The predicted molar refractivity (Wildman–Crippen MR) is 137 cm³/mol. The average Bonchev–Trinajstić information content (AvgIpc) is 3.41. The van der Waals surface area contributed by atoms with Crippen molar-refractivity contribution in [3.8, 4) is 5.88 Å². The van der Waals surface area contributed by atoms with Crippen molar-refractivity contribution in [1.82, 2.24) is 14.8 Å². The minimum Gasteiger partial charge on any atom is -0.478 e. The Labute approximate surface area is 212 Å². The Morgan fingerprint density at radius 1 is 1.31 bits per heavy atom. The first-order chi connectivity index (χ1) is 17.3. The first-order valence-electron chi connectivity index (χ1n) is 12.6. The maximum Gasteiger partial charge on any atom is 0.335 e. The molecular weight excluding hydrogens is 458 g/mol. The number of allylic oxidation sites excluding steroid dienone is 2. The number of carboxylic acids is 1. The van der Waals surface area contributed by atoms with Gasteiger partial charge in [-0.1, -0.05) is 25.1 Å². The topological polar surface area (TPSA) is 103 Å². The number of nitrogens with zero attached hydrogens (tertiary/aromatic N) is 3. The standard InChI is InChI=1S/C28H35N3O5/c1-18-14-31(19(2)17-32)27(33)24-12-23(21-6-4-5-7-21)13-29-26(24)36-25(18)16-30(3)15-20-8-10-22(11-9-20)28(34)35/h6,8-13,18-19,25,32H,4-5,7,14-17H2,1-3H3,(H,34,35)/t18-,19+,25+/m1/s1. The van der Waals surface area contributed by atoms with Crippen molar-refractivity contribution in [3.63, 3.8) is 0 Å². The molecule has 8 nitrogen and oxygen atoms in total. The van der Waals surface area contributed by atoms with Crippen LogP contribution >= 0.6 is 0 Å². The summed E-state index contributed by atoms with van der Waals surface area (Å²) in [6.07, 6.45) is 6.88. The molecule has 2 aromatic rings. The smallest absolute Gasteiger partial charge is 0.335 e. The van der Waals surface area contributed by atoms with Gasteiger partial charge in [0.05, 0.1) is 18.2 Å². The number of fused-ring (bicyclic) bond motifs is 1. The molecule has 0 radical (unpaired) electrons. The van der Waals surface area contributed by atoms with E-state index >= 15 is 0 Å². The van der Waals surface area contributed by atoms with E-state index in [9.17, 15) is 14.7 Å². The predicted octanol–water partition coefficient (Wildman–Crippen LogP) is 3.70. The Bertz CT molecular complexity index is 1130. The molecule has 2 aliphatic rings. The summed E-state index contributed by atoms with van der Waals surface area (Å²) in [5.74, 6) is -0.793. The Morgan fingerprint density at radius 3 is 2.69 bits per heavy atom. The van der Waals surface area contributed by atoms with Crippen LogP contribution in [0.3, 0.4) is 0 Å². The second-order valence-electron chi connectivity index (χ2n) is 10.0. The lowest BCUT2D eigenvalue weighted by Crippen LogP contribution is -2.49. The summed E-state index contributed by atoms with van der Waals surface area (Å²) in [6, 6.07) is 8.42. The molecule has 4 rings (SSSR count). The van der Waals surface area contributed by atoms with Gasteiger partial charge in [0.2, 0.25) is 5.88 Å². The Kier molecular flexibility index (Phi) is 8.06. The number of hydrogen-bond donors (Lipinski definition) is 2. The number of aliphatic hydroxyl groups excluding tert-OH is 1. The van der Waals surface area contributed by atoms with Gasteiger partial charge in [-0.15, -0.1) is 0 Å². The molecule has 0 spiro atoms. The van der Waals surface area contributed by atoms with E-state index in [1.807, 2.05) is 39.1 Å². The fourth-order valence-electron chi connectivity index (χ4n) is 4.87. The molecule has 1 aromatic carbocycles. The summed E-state index contributed by atoms with van der Waals surface area (Å²) >= 11 is 0. The van der Waals surface area contributed by atoms with E-state index in [1.54, 1.807) is 23.2 Å². The molecule has 0 bridgehead atoms. The number of rotatable bonds is 8. The van der Waals surface area contributed by atoms with Crippen LogP contribution in [0.15, 0.2) is 42.6 Å². The molecule has 3 atom stereocenters. The van der Waals surface area contributed by atoms with Gasteiger partial charge >= 0.3 is 5.97 Å². The molecule has 0 saturated heterocycles. The van der Waals surface area contributed by atoms with E-state index in [0.717, 1.165) is 30.4 Å². The van der Waals surface area contributed by atoms with Gasteiger partial charge in [-0.05, 0) is 68.1 Å². The van der Waals surface area contributed by atoms with E-state index in [0.29, 0.717) is 31.1 Å². The van der Waals surface area contributed by atoms with E-state index in [1.165, 1.54) is 5.57 Å². The van der Waals surface area contributed by atoms with Gasteiger partial charge in [0, 0.05) is 31.7 Å². The molecule has 1 aliphatic heterocycles. The number of amides is 1. The summed E-state index contributed by atoms with van der Waals surface area (Å²) in [4.78, 5) is 33.1. The number of ether oxygens (including phenoxy) is 1. The number of carbonyl (C=O) groups excluding carboxylic acids is 1. The van der Waals surface area contributed by atoms with Crippen LogP contribution in [0.1, 0.15) is 65.0 Å². The molecule has 2 heterocycles. The summed E-state index contributed by atoms with van der Waals surface area (Å²) in [5, 5.41) is 19.0. The number of carboxylic acid groups (broad SMARTS) is 1. The van der Waals surface area contributed by atoms with Crippen LogP contribution in [0, 0.1) is 5.92 Å². The minimum absolute atomic E-state index is 0.00745. The number of benzene rings is 1. The van der Waals surface area contributed by atoms with Crippen molar-refractivity contribution in [3.05, 3.63) is 64.9 Å². The number of carbonyl (C=O) groups is 2. The zero-order valence-corrected chi connectivity index (χ0v) is 21.2. The summed E-state index contributed by atoms with van der Waals surface area (Å²) in [5.41, 5.74) is 3.85. The summed E-state index contributed by atoms with van der Waals surface area (Å²) in [6.45, 7) is 5.45. The summed E-state index contributed by atoms with van der Waals surface area (Å²) < 4.78 is 6.40. The third kappa shape index (κ3) is 5.77. The Balaban J connectivity index is 1.58. The number of aromatic nitrogens is 1. The quantitative estimate of drug-likeness (QED) is 0.578. The van der Waals surface area contributed by atoms with Gasteiger partial charge < -0.3 is 19.8 Å². The van der Waals surface area contributed by atoms with Crippen molar-refractivity contribution in [2.45, 2.75) is 51.8 Å². The van der Waals surface area contributed by atoms with Crippen LogP contribution < -0.4 is 4.74 Å². The monoisotopic (exact) mass is 493 g/mol. The van der Waals surface area contributed by atoms with E-state index in [2.05, 4.69) is 16.0 Å². The lowest BCUT2D eigenvalue weighted by Gasteiger charge is -2.37. The van der Waals surface area contributed by atoms with Crippen LogP contribution in [-0.2, 0) is 6.54 Å². The molecule has 1 amide bonds. The Morgan fingerprint density at radius 2 is 2.06 bits per heavy atom. The van der Waals surface area contributed by atoms with Gasteiger partial charge in [0.15, 0.2) is 0 Å². The number of aliphatic hydroxyl groups is 1. The van der Waals surface area contributed by atoms with Crippen LogP contribution in [0.5, 0.6) is 5.88 Å². The molecule has 192 valence electrons. The SMILES string of the molecule is C[C@@H]1CN([C@@H](C)CO)C(=O)c2cc(C3=CCCC3)cnc2O[C@H]1CN(C)Cc1ccc(C(=O)O)cc1. The first-order valence-corrected chi connectivity index (χ1v) is 12.6. The second-order valence-corrected chi connectivity index (χ2v) is 10.0. The van der Waals surface area contributed by atoms with Crippen molar-refractivity contribution in [2.75, 3.05) is 26.7 Å². The average molecular weight is 494 g/mol.